The number of carboxylic acids is 1. The molecular formula is C20H24N2O4. The second kappa shape index (κ2) is 8.29. The van der Waals surface area contributed by atoms with Crippen LogP contribution in [0.15, 0.2) is 48.8 Å². The second-order valence-electron chi connectivity index (χ2n) is 6.75. The Morgan fingerprint density at radius 2 is 2.15 bits per heavy atom. The molecule has 138 valence electrons. The maximum Gasteiger partial charge on any atom is 0.335 e. The number of aromatic nitrogens is 1. The first kappa shape index (κ1) is 18.4. The molecule has 1 heterocycles. The van der Waals surface area contributed by atoms with E-state index in [1.165, 1.54) is 12.1 Å². The Morgan fingerprint density at radius 3 is 2.88 bits per heavy atom. The molecule has 3 rings (SSSR count). The van der Waals surface area contributed by atoms with Gasteiger partial charge < -0.3 is 14.9 Å². The third-order valence-electron chi connectivity index (χ3n) is 4.85. The molecule has 0 saturated heterocycles. The zero-order chi connectivity index (χ0) is 18.5. The fourth-order valence-electron chi connectivity index (χ4n) is 3.50. The Balaban J connectivity index is 1.66. The average molecular weight is 356 g/mol. The lowest BCUT2D eigenvalue weighted by Crippen LogP contribution is -2.51. The first-order valence-corrected chi connectivity index (χ1v) is 8.82. The lowest BCUT2D eigenvalue weighted by atomic mass is 9.88. The number of hydrogen-bond donors (Lipinski definition) is 2. The number of nitrogens with zero attached hydrogens (tertiary/aromatic N) is 2. The summed E-state index contributed by atoms with van der Waals surface area (Å²) < 4.78 is 5.94. The summed E-state index contributed by atoms with van der Waals surface area (Å²) in [6.07, 6.45) is 5.17. The van der Waals surface area contributed by atoms with Gasteiger partial charge in [-0.2, -0.15) is 0 Å². The molecule has 1 aliphatic rings. The quantitative estimate of drug-likeness (QED) is 0.828. The van der Waals surface area contributed by atoms with Crippen LogP contribution in [-0.2, 0) is 6.54 Å². The number of rotatable bonds is 6. The van der Waals surface area contributed by atoms with E-state index in [-0.39, 0.29) is 17.7 Å². The highest BCUT2D eigenvalue weighted by atomic mass is 16.5. The molecule has 0 aliphatic heterocycles. The number of hydrogen-bond acceptors (Lipinski definition) is 5. The largest absolute Gasteiger partial charge is 0.488 e. The number of carbonyl (C=O) groups is 1. The molecule has 2 aromatic rings. The number of carboxylic acid groups (broad SMARTS) is 1. The van der Waals surface area contributed by atoms with Crippen molar-refractivity contribution in [1.29, 1.82) is 0 Å². The summed E-state index contributed by atoms with van der Waals surface area (Å²) in [4.78, 5) is 17.4. The third kappa shape index (κ3) is 4.39. The van der Waals surface area contributed by atoms with Crippen LogP contribution in [0.2, 0.25) is 0 Å². The summed E-state index contributed by atoms with van der Waals surface area (Å²) in [7, 11) is 1.99. The van der Waals surface area contributed by atoms with Crippen molar-refractivity contribution in [2.75, 3.05) is 7.05 Å². The van der Waals surface area contributed by atoms with Crippen LogP contribution in [0.4, 0.5) is 0 Å². The molecule has 1 aromatic heterocycles. The molecule has 1 fully saturated rings. The Bertz CT molecular complexity index is 738. The van der Waals surface area contributed by atoms with Gasteiger partial charge in [-0.3, -0.25) is 9.88 Å². The number of ether oxygens (including phenoxy) is 1. The smallest absolute Gasteiger partial charge is 0.335 e. The Morgan fingerprint density at radius 1 is 1.31 bits per heavy atom. The number of benzene rings is 1. The van der Waals surface area contributed by atoms with E-state index in [0.29, 0.717) is 12.3 Å². The molecule has 2 N–H and O–H groups in total. The van der Waals surface area contributed by atoms with Crippen LogP contribution < -0.4 is 4.74 Å². The average Bonchev–Trinajstić information content (AvgIpc) is 2.64. The summed E-state index contributed by atoms with van der Waals surface area (Å²) in [5.41, 5.74) is 1.28. The Labute approximate surface area is 153 Å². The monoisotopic (exact) mass is 356 g/mol. The van der Waals surface area contributed by atoms with Crippen LogP contribution in [-0.4, -0.2) is 51.4 Å². The summed E-state index contributed by atoms with van der Waals surface area (Å²) in [6.45, 7) is 0.705. The van der Waals surface area contributed by atoms with Gasteiger partial charge >= 0.3 is 5.97 Å². The van der Waals surface area contributed by atoms with Gasteiger partial charge in [-0.1, -0.05) is 12.1 Å². The van der Waals surface area contributed by atoms with E-state index in [9.17, 15) is 9.90 Å². The van der Waals surface area contributed by atoms with Gasteiger partial charge in [0.1, 0.15) is 18.0 Å². The molecule has 6 heteroatoms. The highest BCUT2D eigenvalue weighted by Crippen LogP contribution is 2.28. The van der Waals surface area contributed by atoms with E-state index in [4.69, 9.17) is 9.84 Å². The van der Waals surface area contributed by atoms with E-state index >= 15 is 0 Å². The maximum atomic E-state index is 11.1. The number of pyridine rings is 1. The van der Waals surface area contributed by atoms with Gasteiger partial charge in [0, 0.05) is 25.0 Å². The molecular weight excluding hydrogens is 332 g/mol. The van der Waals surface area contributed by atoms with E-state index in [1.807, 2.05) is 25.4 Å². The molecule has 3 atom stereocenters. The number of aromatic carboxylic acids is 1. The van der Waals surface area contributed by atoms with Crippen molar-refractivity contribution in [3.05, 3.63) is 59.9 Å². The molecule has 0 radical (unpaired) electrons. The van der Waals surface area contributed by atoms with Crippen molar-refractivity contribution in [2.45, 2.75) is 44.1 Å². The molecule has 0 spiro atoms. The van der Waals surface area contributed by atoms with Crippen molar-refractivity contribution in [2.24, 2.45) is 0 Å². The fourth-order valence-corrected chi connectivity index (χ4v) is 3.50. The predicted octanol–water partition coefficient (Wildman–Crippen LogP) is 2.57. The Hall–Kier alpha value is -2.44. The minimum absolute atomic E-state index is 0.0170. The minimum atomic E-state index is -0.992. The number of aliphatic hydroxyl groups is 1. The number of likely N-dealkylation sites (N-methyl/N-ethyl adjacent to an activating group) is 1. The van der Waals surface area contributed by atoms with E-state index in [1.54, 1.807) is 18.3 Å². The van der Waals surface area contributed by atoms with Crippen molar-refractivity contribution >= 4 is 5.97 Å². The fraction of sp³-hybridized carbons (Fsp3) is 0.400. The Kier molecular flexibility index (Phi) is 5.85. The van der Waals surface area contributed by atoms with Gasteiger partial charge in [0.25, 0.3) is 0 Å². The molecule has 1 aromatic carbocycles. The van der Waals surface area contributed by atoms with Crippen LogP contribution in [0.1, 0.15) is 35.2 Å². The maximum absolute atomic E-state index is 11.1. The first-order chi connectivity index (χ1) is 12.5. The summed E-state index contributed by atoms with van der Waals surface area (Å²) in [5, 5.41) is 19.9. The molecule has 6 nitrogen and oxygen atoms in total. The highest BCUT2D eigenvalue weighted by molar-refractivity contribution is 5.88. The van der Waals surface area contributed by atoms with Crippen LogP contribution in [0.25, 0.3) is 0 Å². The lowest BCUT2D eigenvalue weighted by molar-refractivity contribution is -0.0491. The van der Waals surface area contributed by atoms with Crippen molar-refractivity contribution in [1.82, 2.24) is 9.88 Å². The standard InChI is InChI=1S/C20H24N2O4/c1-22(13-14-5-4-10-21-12-14)17-8-3-9-18(19(17)23)26-16-7-2-6-15(11-16)20(24)25/h2,4-7,10-12,17-19,23H,3,8-9,13H2,1H3,(H,24,25)/t17-,18+,19+/m1/s1. The molecule has 0 unspecified atom stereocenters. The normalized spacial score (nSPS) is 23.0. The van der Waals surface area contributed by atoms with Gasteiger partial charge in [-0.25, -0.2) is 4.79 Å². The van der Waals surface area contributed by atoms with Crippen molar-refractivity contribution < 1.29 is 19.7 Å². The third-order valence-corrected chi connectivity index (χ3v) is 4.85. The van der Waals surface area contributed by atoms with Gasteiger partial charge in [-0.05, 0) is 56.1 Å². The summed E-state index contributed by atoms with van der Waals surface area (Å²) in [6, 6.07) is 10.3. The second-order valence-corrected chi connectivity index (χ2v) is 6.75. The van der Waals surface area contributed by atoms with Gasteiger partial charge in [0.15, 0.2) is 0 Å². The molecule has 26 heavy (non-hydrogen) atoms. The van der Waals surface area contributed by atoms with Crippen LogP contribution in [0, 0.1) is 0 Å². The van der Waals surface area contributed by atoms with E-state index in [0.717, 1.165) is 24.8 Å². The predicted molar refractivity (Wildman–Crippen MR) is 97.2 cm³/mol. The van der Waals surface area contributed by atoms with Crippen molar-refractivity contribution in [3.63, 3.8) is 0 Å². The molecule has 0 amide bonds. The minimum Gasteiger partial charge on any atom is -0.488 e. The molecule has 1 aliphatic carbocycles. The lowest BCUT2D eigenvalue weighted by Gasteiger charge is -2.39. The van der Waals surface area contributed by atoms with Crippen LogP contribution in [0.3, 0.4) is 0 Å². The number of aliphatic hydroxyl groups excluding tert-OH is 1. The van der Waals surface area contributed by atoms with Crippen molar-refractivity contribution in [3.8, 4) is 5.75 Å². The van der Waals surface area contributed by atoms with Gasteiger partial charge in [0.05, 0.1) is 5.56 Å². The summed E-state index contributed by atoms with van der Waals surface area (Å²) >= 11 is 0. The SMILES string of the molecule is CN(Cc1cccnc1)[C@@H]1CCC[C@H](Oc2cccc(C(=O)O)c2)[C@H]1O. The topological polar surface area (TPSA) is 82.9 Å². The van der Waals surface area contributed by atoms with E-state index < -0.39 is 12.1 Å². The zero-order valence-corrected chi connectivity index (χ0v) is 14.8. The van der Waals surface area contributed by atoms with Gasteiger partial charge in [0.2, 0.25) is 0 Å². The zero-order valence-electron chi connectivity index (χ0n) is 14.8. The van der Waals surface area contributed by atoms with Crippen LogP contribution in [0.5, 0.6) is 5.75 Å². The van der Waals surface area contributed by atoms with Crippen LogP contribution >= 0.6 is 0 Å². The first-order valence-electron chi connectivity index (χ1n) is 8.82. The summed E-state index contributed by atoms with van der Waals surface area (Å²) in [5.74, 6) is -0.516. The molecule has 1 saturated carbocycles. The molecule has 0 bridgehead atoms. The van der Waals surface area contributed by atoms with Gasteiger partial charge in [-0.15, -0.1) is 0 Å². The highest BCUT2D eigenvalue weighted by Gasteiger charge is 2.35. The van der Waals surface area contributed by atoms with E-state index in [2.05, 4.69) is 9.88 Å².